The second-order valence-electron chi connectivity index (χ2n) is 8.84. The lowest BCUT2D eigenvalue weighted by Crippen LogP contribution is -2.34. The minimum absolute atomic E-state index is 0.00796. The number of nitro groups is 1. The summed E-state index contributed by atoms with van der Waals surface area (Å²) < 4.78 is 5.15. The molecule has 2 saturated carbocycles. The number of hydrogen-bond acceptors (Lipinski definition) is 7. The number of esters is 1. The van der Waals surface area contributed by atoms with Gasteiger partial charge in [-0.05, 0) is 55.4 Å². The monoisotopic (exact) mass is 482 g/mol. The highest BCUT2D eigenvalue weighted by Crippen LogP contribution is 2.56. The Labute approximate surface area is 198 Å². The second-order valence-corrected chi connectivity index (χ2v) is 9.24. The van der Waals surface area contributed by atoms with Crippen molar-refractivity contribution in [2.24, 2.45) is 23.7 Å². The van der Waals surface area contributed by atoms with E-state index < -0.39 is 29.0 Å². The van der Waals surface area contributed by atoms with Gasteiger partial charge in [0.2, 0.25) is 17.6 Å². The quantitative estimate of drug-likeness (QED) is 0.201. The molecule has 0 unspecified atom stereocenters. The predicted octanol–water partition coefficient (Wildman–Crippen LogP) is 3.82. The molecule has 9 nitrogen and oxygen atoms in total. The zero-order chi connectivity index (χ0) is 24.1. The number of rotatable bonds is 6. The van der Waals surface area contributed by atoms with Crippen LogP contribution in [0.15, 0.2) is 42.5 Å². The zero-order valence-electron chi connectivity index (χ0n) is 17.8. The summed E-state index contributed by atoms with van der Waals surface area (Å²) in [5.41, 5.74) is -0.336. The summed E-state index contributed by atoms with van der Waals surface area (Å²) in [6.45, 7) is -0.677. The summed E-state index contributed by atoms with van der Waals surface area (Å²) in [5, 5.41) is 10.9. The van der Waals surface area contributed by atoms with Crippen LogP contribution in [0.2, 0.25) is 5.02 Å². The molecule has 1 heterocycles. The van der Waals surface area contributed by atoms with Gasteiger partial charge in [0.25, 0.3) is 5.69 Å². The molecule has 2 aliphatic carbocycles. The highest BCUT2D eigenvalue weighted by atomic mass is 35.5. The van der Waals surface area contributed by atoms with Gasteiger partial charge in [0.05, 0.1) is 28.0 Å². The topological polar surface area (TPSA) is 124 Å². The molecule has 0 aromatic heterocycles. The van der Waals surface area contributed by atoms with E-state index in [-0.39, 0.29) is 57.3 Å². The summed E-state index contributed by atoms with van der Waals surface area (Å²) in [7, 11) is 0. The summed E-state index contributed by atoms with van der Waals surface area (Å²) >= 11 is 5.77. The Hall–Kier alpha value is -3.59. The van der Waals surface area contributed by atoms with Crippen molar-refractivity contribution in [2.45, 2.75) is 19.3 Å². The highest BCUT2D eigenvalue weighted by molar-refractivity contribution is 6.32. The number of ether oxygens (including phenoxy) is 1. The maximum absolute atomic E-state index is 13.2. The van der Waals surface area contributed by atoms with E-state index in [9.17, 15) is 29.3 Å². The number of imide groups is 1. The number of carbonyl (C=O) groups is 4. The van der Waals surface area contributed by atoms with Crippen LogP contribution in [0.4, 0.5) is 11.4 Å². The Morgan fingerprint density at radius 2 is 1.71 bits per heavy atom. The number of halogens is 1. The van der Waals surface area contributed by atoms with E-state index in [1.165, 1.54) is 24.3 Å². The SMILES string of the molecule is O=C(COC(=O)c1ccccc1N1C(=O)[C@H]2[C@H]3CC[C@@H](C3)[C@@H]2C1=O)c1ccc(Cl)c([N+](=O)[O-])c1. The average Bonchev–Trinajstić information content (AvgIpc) is 3.51. The number of anilines is 1. The Balaban J connectivity index is 1.34. The summed E-state index contributed by atoms with van der Waals surface area (Å²) in [6.07, 6.45) is 2.77. The van der Waals surface area contributed by atoms with Gasteiger partial charge in [-0.1, -0.05) is 23.7 Å². The molecule has 2 aromatic carbocycles. The molecule has 0 spiro atoms. The van der Waals surface area contributed by atoms with Gasteiger partial charge >= 0.3 is 5.97 Å². The molecule has 3 fully saturated rings. The van der Waals surface area contributed by atoms with Gasteiger partial charge < -0.3 is 4.74 Å². The lowest BCUT2D eigenvalue weighted by Gasteiger charge is -2.19. The van der Waals surface area contributed by atoms with Gasteiger partial charge in [0.15, 0.2) is 6.61 Å². The van der Waals surface area contributed by atoms with Crippen LogP contribution in [0.3, 0.4) is 0 Å². The number of nitrogens with zero attached hydrogens (tertiary/aromatic N) is 2. The first-order valence-corrected chi connectivity index (χ1v) is 11.3. The molecule has 2 amide bonds. The summed E-state index contributed by atoms with van der Waals surface area (Å²) in [4.78, 5) is 63.0. The normalized spacial score (nSPS) is 24.9. The molecule has 1 aliphatic heterocycles. The molecule has 1 saturated heterocycles. The Bertz CT molecular complexity index is 1230. The van der Waals surface area contributed by atoms with Crippen LogP contribution in [0.25, 0.3) is 0 Å². The van der Waals surface area contributed by atoms with Crippen LogP contribution in [-0.4, -0.2) is 35.1 Å². The number of hydrogen-bond donors (Lipinski definition) is 0. The molecule has 10 heteroatoms. The van der Waals surface area contributed by atoms with Gasteiger partial charge in [-0.25, -0.2) is 9.69 Å². The largest absolute Gasteiger partial charge is 0.454 e. The fraction of sp³-hybridized carbons (Fsp3) is 0.333. The fourth-order valence-electron chi connectivity index (χ4n) is 5.61. The predicted molar refractivity (Wildman–Crippen MR) is 119 cm³/mol. The fourth-order valence-corrected chi connectivity index (χ4v) is 5.79. The Kier molecular flexibility index (Phi) is 5.44. The lowest BCUT2D eigenvalue weighted by molar-refractivity contribution is -0.384. The van der Waals surface area contributed by atoms with Crippen LogP contribution in [0, 0.1) is 33.8 Å². The van der Waals surface area contributed by atoms with E-state index in [4.69, 9.17) is 16.3 Å². The first-order chi connectivity index (χ1) is 16.3. The van der Waals surface area contributed by atoms with Gasteiger partial charge in [0, 0.05) is 11.6 Å². The number of nitro benzene ring substituents is 1. The minimum atomic E-state index is -0.881. The van der Waals surface area contributed by atoms with Crippen molar-refractivity contribution in [1.29, 1.82) is 0 Å². The van der Waals surface area contributed by atoms with Crippen molar-refractivity contribution in [3.05, 3.63) is 68.7 Å². The molecule has 0 radical (unpaired) electrons. The molecule has 4 atom stereocenters. The number of para-hydroxylation sites is 1. The van der Waals surface area contributed by atoms with Gasteiger partial charge in [-0.15, -0.1) is 0 Å². The molecule has 2 aromatic rings. The lowest BCUT2D eigenvalue weighted by atomic mass is 9.81. The molecule has 0 N–H and O–H groups in total. The van der Waals surface area contributed by atoms with Gasteiger partial charge in [-0.2, -0.15) is 0 Å². The maximum atomic E-state index is 13.2. The van der Waals surface area contributed by atoms with E-state index >= 15 is 0 Å². The van der Waals surface area contributed by atoms with Crippen molar-refractivity contribution in [3.63, 3.8) is 0 Å². The molecule has 34 heavy (non-hydrogen) atoms. The molecular weight excluding hydrogens is 464 g/mol. The average molecular weight is 483 g/mol. The molecule has 5 rings (SSSR count). The summed E-state index contributed by atoms with van der Waals surface area (Å²) in [5.74, 6) is -2.37. The standard InChI is InChI=1S/C24H19ClN2O7/c25-16-8-7-12(10-18(16)27(32)33)19(28)11-34-24(31)15-3-1-2-4-17(15)26-22(29)20-13-5-6-14(9-13)21(20)23(26)30/h1-4,7-8,10,13-14,20-21H,5-6,9,11H2/t13-,14-,20-,21-/m0/s1. The number of ketones is 1. The van der Waals surface area contributed by atoms with E-state index in [0.717, 1.165) is 30.2 Å². The van der Waals surface area contributed by atoms with Crippen molar-refractivity contribution >= 4 is 46.5 Å². The first-order valence-electron chi connectivity index (χ1n) is 10.9. The van der Waals surface area contributed by atoms with Crippen molar-refractivity contribution in [3.8, 4) is 0 Å². The van der Waals surface area contributed by atoms with Crippen LogP contribution in [0.1, 0.15) is 40.0 Å². The molecule has 3 aliphatic rings. The first kappa shape index (κ1) is 22.2. The van der Waals surface area contributed by atoms with Crippen molar-refractivity contribution in [1.82, 2.24) is 0 Å². The highest BCUT2D eigenvalue weighted by Gasteiger charge is 2.61. The third-order valence-corrected chi connectivity index (χ3v) is 7.41. The summed E-state index contributed by atoms with van der Waals surface area (Å²) in [6, 6.07) is 9.67. The van der Waals surface area contributed by atoms with Crippen LogP contribution < -0.4 is 4.90 Å². The van der Waals surface area contributed by atoms with Crippen LogP contribution >= 0.6 is 11.6 Å². The van der Waals surface area contributed by atoms with Crippen molar-refractivity contribution < 1.29 is 28.8 Å². The molecule has 174 valence electrons. The number of Topliss-reactive ketones (excluding diaryl/α,β-unsaturated/α-hetero) is 1. The Morgan fingerprint density at radius 3 is 2.35 bits per heavy atom. The number of benzene rings is 2. The van der Waals surface area contributed by atoms with Gasteiger partial charge in [-0.3, -0.25) is 24.5 Å². The Morgan fingerprint density at radius 1 is 1.06 bits per heavy atom. The van der Waals surface area contributed by atoms with Gasteiger partial charge in [0.1, 0.15) is 5.02 Å². The molecular formula is C24H19ClN2O7. The van der Waals surface area contributed by atoms with Crippen molar-refractivity contribution in [2.75, 3.05) is 11.5 Å². The smallest absolute Gasteiger partial charge is 0.340 e. The third kappa shape index (κ3) is 3.47. The minimum Gasteiger partial charge on any atom is -0.454 e. The van der Waals surface area contributed by atoms with E-state index in [1.807, 2.05) is 0 Å². The van der Waals surface area contributed by atoms with E-state index in [2.05, 4.69) is 0 Å². The van der Waals surface area contributed by atoms with Crippen LogP contribution in [0.5, 0.6) is 0 Å². The molecule has 2 bridgehead atoms. The second kappa shape index (κ2) is 8.32. The third-order valence-electron chi connectivity index (χ3n) is 7.09. The number of amides is 2. The van der Waals surface area contributed by atoms with E-state index in [1.54, 1.807) is 12.1 Å². The van der Waals surface area contributed by atoms with Crippen LogP contribution in [-0.2, 0) is 14.3 Å². The maximum Gasteiger partial charge on any atom is 0.340 e. The van der Waals surface area contributed by atoms with E-state index in [0.29, 0.717) is 0 Å². The zero-order valence-corrected chi connectivity index (χ0v) is 18.6. The number of carbonyl (C=O) groups excluding carboxylic acids is 4. The number of fused-ring (bicyclic) bond motifs is 5.